The molecule has 1 fully saturated rings. The Morgan fingerprint density at radius 3 is 3.08 bits per heavy atom. The molecule has 1 saturated heterocycles. The van der Waals surface area contributed by atoms with Gasteiger partial charge in [-0.2, -0.15) is 5.10 Å². The SMILES string of the molecule is CS(=O)Cc1cccc(NC(=O)c2ccn(C3CCCNC3)n2)c1. The number of amides is 1. The minimum atomic E-state index is -0.907. The molecule has 2 unspecified atom stereocenters. The monoisotopic (exact) mass is 346 g/mol. The third-order valence-electron chi connectivity index (χ3n) is 4.04. The van der Waals surface area contributed by atoms with Gasteiger partial charge in [0, 0.05) is 41.2 Å². The van der Waals surface area contributed by atoms with Gasteiger partial charge in [0.2, 0.25) is 0 Å². The molecule has 0 saturated carbocycles. The van der Waals surface area contributed by atoms with Gasteiger partial charge in [0.25, 0.3) is 5.91 Å². The van der Waals surface area contributed by atoms with Crippen molar-refractivity contribution in [3.8, 4) is 0 Å². The van der Waals surface area contributed by atoms with Crippen molar-refractivity contribution in [2.75, 3.05) is 24.7 Å². The summed E-state index contributed by atoms with van der Waals surface area (Å²) in [6, 6.07) is 9.48. The molecule has 0 aliphatic carbocycles. The van der Waals surface area contributed by atoms with Crippen LogP contribution < -0.4 is 10.6 Å². The van der Waals surface area contributed by atoms with Crippen molar-refractivity contribution in [2.45, 2.75) is 24.6 Å². The van der Waals surface area contributed by atoms with Gasteiger partial charge in [-0.05, 0) is 43.1 Å². The molecule has 1 aliphatic rings. The van der Waals surface area contributed by atoms with Crippen LogP contribution in [0.3, 0.4) is 0 Å². The van der Waals surface area contributed by atoms with Gasteiger partial charge >= 0.3 is 0 Å². The van der Waals surface area contributed by atoms with Gasteiger partial charge in [0.05, 0.1) is 6.04 Å². The van der Waals surface area contributed by atoms with Crippen molar-refractivity contribution < 1.29 is 9.00 Å². The van der Waals surface area contributed by atoms with E-state index in [1.807, 2.05) is 35.1 Å². The van der Waals surface area contributed by atoms with E-state index in [0.717, 1.165) is 31.5 Å². The topological polar surface area (TPSA) is 76.0 Å². The molecular weight excluding hydrogens is 324 g/mol. The summed E-state index contributed by atoms with van der Waals surface area (Å²) in [4.78, 5) is 12.4. The van der Waals surface area contributed by atoms with Gasteiger partial charge in [0.15, 0.2) is 5.69 Å². The van der Waals surface area contributed by atoms with Crippen molar-refractivity contribution in [3.63, 3.8) is 0 Å². The zero-order valence-electron chi connectivity index (χ0n) is 13.7. The lowest BCUT2D eigenvalue weighted by molar-refractivity contribution is 0.102. The Kier molecular flexibility index (Phi) is 5.42. The van der Waals surface area contributed by atoms with Crippen molar-refractivity contribution in [1.82, 2.24) is 15.1 Å². The second kappa shape index (κ2) is 7.72. The fourth-order valence-electron chi connectivity index (χ4n) is 2.89. The van der Waals surface area contributed by atoms with E-state index in [1.165, 1.54) is 0 Å². The van der Waals surface area contributed by atoms with Crippen LogP contribution in [0.25, 0.3) is 0 Å². The minimum absolute atomic E-state index is 0.229. The Balaban J connectivity index is 1.66. The van der Waals surface area contributed by atoms with Crippen LogP contribution >= 0.6 is 0 Å². The van der Waals surface area contributed by atoms with E-state index >= 15 is 0 Å². The molecule has 6 nitrogen and oxygen atoms in total. The third kappa shape index (κ3) is 4.30. The highest BCUT2D eigenvalue weighted by Gasteiger charge is 2.17. The van der Waals surface area contributed by atoms with Crippen LogP contribution in [0.2, 0.25) is 0 Å². The number of rotatable bonds is 5. The Morgan fingerprint density at radius 2 is 2.33 bits per heavy atom. The van der Waals surface area contributed by atoms with E-state index < -0.39 is 10.8 Å². The second-order valence-corrected chi connectivity index (χ2v) is 7.49. The summed E-state index contributed by atoms with van der Waals surface area (Å²) in [5.41, 5.74) is 2.04. The van der Waals surface area contributed by atoms with E-state index in [2.05, 4.69) is 15.7 Å². The number of nitrogens with zero attached hydrogens (tertiary/aromatic N) is 2. The highest BCUT2D eigenvalue weighted by Crippen LogP contribution is 2.17. The average Bonchev–Trinajstić information content (AvgIpc) is 3.05. The molecule has 1 aliphatic heterocycles. The summed E-state index contributed by atoms with van der Waals surface area (Å²) in [7, 11) is -0.907. The smallest absolute Gasteiger partial charge is 0.276 e. The molecule has 0 bridgehead atoms. The number of anilines is 1. The minimum Gasteiger partial charge on any atom is -0.321 e. The number of hydrogen-bond acceptors (Lipinski definition) is 4. The van der Waals surface area contributed by atoms with Crippen molar-refractivity contribution >= 4 is 22.4 Å². The van der Waals surface area contributed by atoms with Crippen LogP contribution in [0, 0.1) is 0 Å². The van der Waals surface area contributed by atoms with Gasteiger partial charge in [-0.15, -0.1) is 0 Å². The number of hydrogen-bond donors (Lipinski definition) is 2. The lowest BCUT2D eigenvalue weighted by Gasteiger charge is -2.22. The van der Waals surface area contributed by atoms with Crippen molar-refractivity contribution in [2.24, 2.45) is 0 Å². The molecule has 2 atom stereocenters. The van der Waals surface area contributed by atoms with Crippen LogP contribution in [0.1, 0.15) is 34.9 Å². The average molecular weight is 346 g/mol. The third-order valence-corrected chi connectivity index (χ3v) is 4.78. The first-order chi connectivity index (χ1) is 11.6. The quantitative estimate of drug-likeness (QED) is 0.867. The summed E-state index contributed by atoms with van der Waals surface area (Å²) >= 11 is 0. The largest absolute Gasteiger partial charge is 0.321 e. The number of piperidine rings is 1. The molecule has 0 radical (unpaired) electrons. The first-order valence-corrected chi connectivity index (χ1v) is 9.81. The van der Waals surface area contributed by atoms with E-state index in [0.29, 0.717) is 23.2 Å². The summed E-state index contributed by atoms with van der Waals surface area (Å²) in [6.07, 6.45) is 5.73. The first-order valence-electron chi connectivity index (χ1n) is 8.08. The zero-order valence-corrected chi connectivity index (χ0v) is 14.5. The predicted octanol–water partition coefficient (Wildman–Crippen LogP) is 1.94. The Labute approximate surface area is 144 Å². The maximum absolute atomic E-state index is 12.4. The standard InChI is InChI=1S/C17H22N4O2S/c1-24(23)12-13-4-2-5-14(10-13)19-17(22)16-7-9-21(20-16)15-6-3-8-18-11-15/h2,4-5,7,9-10,15,18H,3,6,8,11-12H2,1H3,(H,19,22). The normalized spacial score (nSPS) is 19.0. The van der Waals surface area contributed by atoms with Crippen molar-refractivity contribution in [1.29, 1.82) is 0 Å². The molecule has 128 valence electrons. The second-order valence-electron chi connectivity index (χ2n) is 6.05. The summed E-state index contributed by atoms with van der Waals surface area (Å²) in [5, 5.41) is 10.6. The Bertz CT molecular complexity index is 738. The van der Waals surface area contributed by atoms with E-state index in [4.69, 9.17) is 0 Å². The molecule has 2 aromatic rings. The van der Waals surface area contributed by atoms with Gasteiger partial charge in [-0.1, -0.05) is 12.1 Å². The summed E-state index contributed by atoms with van der Waals surface area (Å²) in [6.45, 7) is 1.93. The highest BCUT2D eigenvalue weighted by molar-refractivity contribution is 7.83. The molecule has 0 spiro atoms. The van der Waals surface area contributed by atoms with Gasteiger partial charge < -0.3 is 10.6 Å². The fourth-order valence-corrected chi connectivity index (χ4v) is 3.54. The molecule has 7 heteroatoms. The number of carbonyl (C=O) groups excluding carboxylic acids is 1. The van der Waals surface area contributed by atoms with Crippen LogP contribution in [0.15, 0.2) is 36.5 Å². The maximum Gasteiger partial charge on any atom is 0.276 e. The van der Waals surface area contributed by atoms with Gasteiger partial charge in [-0.3, -0.25) is 13.7 Å². The van der Waals surface area contributed by atoms with E-state index in [9.17, 15) is 9.00 Å². The number of benzene rings is 1. The molecule has 3 rings (SSSR count). The van der Waals surface area contributed by atoms with E-state index in [1.54, 1.807) is 12.3 Å². The lowest BCUT2D eigenvalue weighted by Crippen LogP contribution is -2.32. The number of nitrogens with one attached hydrogen (secondary N) is 2. The molecule has 2 heterocycles. The van der Waals surface area contributed by atoms with Gasteiger partial charge in [0.1, 0.15) is 0 Å². The highest BCUT2D eigenvalue weighted by atomic mass is 32.2. The van der Waals surface area contributed by atoms with Crippen LogP contribution in [-0.4, -0.2) is 39.2 Å². The van der Waals surface area contributed by atoms with E-state index in [-0.39, 0.29) is 5.91 Å². The molecule has 1 aromatic carbocycles. The first kappa shape index (κ1) is 16.9. The Hall–Kier alpha value is -1.99. The molecule has 24 heavy (non-hydrogen) atoms. The molecule has 1 aromatic heterocycles. The zero-order chi connectivity index (χ0) is 16.9. The molecular formula is C17H22N4O2S. The number of aromatic nitrogens is 2. The predicted molar refractivity (Wildman–Crippen MR) is 95.5 cm³/mol. The van der Waals surface area contributed by atoms with Gasteiger partial charge in [-0.25, -0.2) is 0 Å². The Morgan fingerprint density at radius 1 is 1.46 bits per heavy atom. The summed E-state index contributed by atoms with van der Waals surface area (Å²) in [5.74, 6) is 0.250. The maximum atomic E-state index is 12.4. The molecule has 1 amide bonds. The van der Waals surface area contributed by atoms with Crippen LogP contribution in [0.4, 0.5) is 5.69 Å². The fraction of sp³-hybridized carbons (Fsp3) is 0.412. The number of carbonyl (C=O) groups is 1. The molecule has 2 N–H and O–H groups in total. The van der Waals surface area contributed by atoms with Crippen molar-refractivity contribution in [3.05, 3.63) is 47.8 Å². The van der Waals surface area contributed by atoms with Crippen LogP contribution in [0.5, 0.6) is 0 Å². The summed E-state index contributed by atoms with van der Waals surface area (Å²) < 4.78 is 13.2. The van der Waals surface area contributed by atoms with Crippen LogP contribution in [-0.2, 0) is 16.6 Å². The lowest BCUT2D eigenvalue weighted by atomic mass is 10.1.